The van der Waals surface area contributed by atoms with Gasteiger partial charge in [0.25, 0.3) is 0 Å². The van der Waals surface area contributed by atoms with Crippen molar-refractivity contribution in [1.29, 1.82) is 0 Å². The van der Waals surface area contributed by atoms with Crippen LogP contribution in [0.1, 0.15) is 42.1 Å². The third-order valence-corrected chi connectivity index (χ3v) is 4.19. The summed E-state index contributed by atoms with van der Waals surface area (Å²) in [6, 6.07) is 0. The lowest BCUT2D eigenvalue weighted by molar-refractivity contribution is 0.0851. The second kappa shape index (κ2) is 7.03. The minimum Gasteiger partial charge on any atom is -0.381 e. The highest BCUT2D eigenvalue weighted by Crippen LogP contribution is 2.29. The van der Waals surface area contributed by atoms with Crippen LogP contribution in [0.3, 0.4) is 0 Å². The van der Waals surface area contributed by atoms with Crippen molar-refractivity contribution in [2.45, 2.75) is 38.5 Å². The van der Waals surface area contributed by atoms with Crippen LogP contribution in [-0.4, -0.2) is 36.5 Å². The average molecular weight is 255 g/mol. The van der Waals surface area contributed by atoms with Gasteiger partial charge in [0.2, 0.25) is 0 Å². The highest BCUT2D eigenvalue weighted by Gasteiger charge is 2.19. The minimum absolute atomic E-state index is 0.587. The maximum Gasteiger partial charge on any atom is 0.120 e. The zero-order valence-corrected chi connectivity index (χ0v) is 11.3. The van der Waals surface area contributed by atoms with Gasteiger partial charge in [-0.3, -0.25) is 0 Å². The summed E-state index contributed by atoms with van der Waals surface area (Å²) in [4.78, 5) is 0. The monoisotopic (exact) mass is 255 g/mol. The molecule has 0 bridgehead atoms. The summed E-state index contributed by atoms with van der Waals surface area (Å²) in [6.45, 7) is 6.00. The Morgan fingerprint density at radius 3 is 2.94 bits per heavy atom. The lowest BCUT2D eigenvalue weighted by Gasteiger charge is -2.18. The van der Waals surface area contributed by atoms with Crippen LogP contribution < -0.4 is 5.32 Å². The Bertz CT molecular complexity index is 323. The fourth-order valence-corrected chi connectivity index (χ4v) is 3.07. The van der Waals surface area contributed by atoms with E-state index in [0.29, 0.717) is 5.92 Å². The molecule has 1 aliphatic heterocycles. The van der Waals surface area contributed by atoms with Crippen LogP contribution in [0.25, 0.3) is 0 Å². The smallest absolute Gasteiger partial charge is 0.120 e. The molecule has 96 valence electrons. The van der Waals surface area contributed by atoms with Crippen molar-refractivity contribution in [1.82, 2.24) is 15.5 Å². The Kier molecular flexibility index (Phi) is 5.35. The molecular formula is C12H21N3OS. The van der Waals surface area contributed by atoms with Gasteiger partial charge < -0.3 is 10.1 Å². The summed E-state index contributed by atoms with van der Waals surface area (Å²) in [5, 5.41) is 14.3. The van der Waals surface area contributed by atoms with E-state index in [9.17, 15) is 0 Å². The van der Waals surface area contributed by atoms with Gasteiger partial charge >= 0.3 is 0 Å². The van der Waals surface area contributed by atoms with E-state index in [4.69, 9.17) is 4.74 Å². The number of nitrogens with zero attached hydrogens (tertiary/aromatic N) is 2. The molecule has 1 saturated heterocycles. The first-order chi connectivity index (χ1) is 8.40. The number of rotatable bonds is 6. The van der Waals surface area contributed by atoms with Crippen molar-refractivity contribution in [3.63, 3.8) is 0 Å². The third-order valence-electron chi connectivity index (χ3n) is 3.05. The van der Waals surface area contributed by atoms with Gasteiger partial charge in [0, 0.05) is 25.6 Å². The zero-order chi connectivity index (χ0) is 11.9. The van der Waals surface area contributed by atoms with Gasteiger partial charge in [0.05, 0.1) is 0 Å². The standard InChI is InChI=1S/C12H21N3OS/c1-2-13-7-3-4-11-14-15-12(17-11)10-5-8-16-9-6-10/h10,13H,2-9H2,1H3. The summed E-state index contributed by atoms with van der Waals surface area (Å²) >= 11 is 1.79. The molecule has 0 radical (unpaired) electrons. The van der Waals surface area contributed by atoms with Gasteiger partial charge in [0.1, 0.15) is 10.0 Å². The van der Waals surface area contributed by atoms with Gasteiger partial charge in [-0.1, -0.05) is 6.92 Å². The first-order valence-corrected chi connectivity index (χ1v) is 7.32. The quantitative estimate of drug-likeness (QED) is 0.790. The van der Waals surface area contributed by atoms with E-state index >= 15 is 0 Å². The molecule has 2 heterocycles. The van der Waals surface area contributed by atoms with Gasteiger partial charge in [-0.05, 0) is 32.4 Å². The maximum atomic E-state index is 5.37. The highest BCUT2D eigenvalue weighted by atomic mass is 32.1. The molecule has 1 aromatic rings. The second-order valence-corrected chi connectivity index (χ2v) is 5.47. The fraction of sp³-hybridized carbons (Fsp3) is 0.833. The molecule has 1 aliphatic rings. The van der Waals surface area contributed by atoms with Crippen LogP contribution in [0, 0.1) is 0 Å². The summed E-state index contributed by atoms with van der Waals surface area (Å²) in [7, 11) is 0. The van der Waals surface area contributed by atoms with Crippen molar-refractivity contribution in [3.05, 3.63) is 10.0 Å². The first-order valence-electron chi connectivity index (χ1n) is 6.51. The predicted octanol–water partition coefficient (Wildman–Crippen LogP) is 1.97. The molecule has 0 amide bonds. The van der Waals surface area contributed by atoms with Gasteiger partial charge in [-0.2, -0.15) is 0 Å². The van der Waals surface area contributed by atoms with Gasteiger partial charge in [0.15, 0.2) is 0 Å². The number of hydrogen-bond donors (Lipinski definition) is 1. The summed E-state index contributed by atoms with van der Waals surface area (Å²) in [5.41, 5.74) is 0. The molecule has 0 saturated carbocycles. The minimum atomic E-state index is 0.587. The summed E-state index contributed by atoms with van der Waals surface area (Å²) in [5.74, 6) is 0.587. The van der Waals surface area contributed by atoms with Crippen LogP contribution in [-0.2, 0) is 11.2 Å². The van der Waals surface area contributed by atoms with E-state index in [-0.39, 0.29) is 0 Å². The average Bonchev–Trinajstić information content (AvgIpc) is 2.85. The van der Waals surface area contributed by atoms with E-state index in [0.717, 1.165) is 52.0 Å². The fourth-order valence-electron chi connectivity index (χ4n) is 2.02. The van der Waals surface area contributed by atoms with Crippen LogP contribution in [0.4, 0.5) is 0 Å². The molecule has 4 nitrogen and oxygen atoms in total. The molecule has 17 heavy (non-hydrogen) atoms. The van der Waals surface area contributed by atoms with Crippen molar-refractivity contribution in [2.75, 3.05) is 26.3 Å². The Hall–Kier alpha value is -0.520. The van der Waals surface area contributed by atoms with Gasteiger partial charge in [-0.25, -0.2) is 0 Å². The van der Waals surface area contributed by atoms with Crippen molar-refractivity contribution in [3.8, 4) is 0 Å². The molecule has 0 spiro atoms. The maximum absolute atomic E-state index is 5.37. The number of aromatic nitrogens is 2. The largest absolute Gasteiger partial charge is 0.381 e. The van der Waals surface area contributed by atoms with Gasteiger partial charge in [-0.15, -0.1) is 21.5 Å². The number of hydrogen-bond acceptors (Lipinski definition) is 5. The topological polar surface area (TPSA) is 47.0 Å². The van der Waals surface area contributed by atoms with E-state index in [2.05, 4.69) is 22.4 Å². The molecule has 0 atom stereocenters. The van der Waals surface area contributed by atoms with Crippen LogP contribution >= 0.6 is 11.3 Å². The van der Waals surface area contributed by atoms with Crippen molar-refractivity contribution in [2.24, 2.45) is 0 Å². The molecule has 2 rings (SSSR count). The Morgan fingerprint density at radius 1 is 1.35 bits per heavy atom. The van der Waals surface area contributed by atoms with E-state index in [1.54, 1.807) is 11.3 Å². The Balaban J connectivity index is 1.78. The SMILES string of the molecule is CCNCCCc1nnc(C2CCOCC2)s1. The Labute approximate surface area is 107 Å². The van der Waals surface area contributed by atoms with E-state index in [1.807, 2.05) is 0 Å². The van der Waals surface area contributed by atoms with Crippen molar-refractivity contribution < 1.29 is 4.74 Å². The summed E-state index contributed by atoms with van der Waals surface area (Å²) < 4.78 is 5.37. The first kappa shape index (κ1) is 12.9. The molecule has 1 aromatic heterocycles. The molecule has 0 aliphatic carbocycles. The van der Waals surface area contributed by atoms with E-state index in [1.165, 1.54) is 10.0 Å². The molecule has 0 unspecified atom stereocenters. The lowest BCUT2D eigenvalue weighted by Crippen LogP contribution is -2.14. The number of nitrogens with one attached hydrogen (secondary N) is 1. The molecule has 5 heteroatoms. The Morgan fingerprint density at radius 2 is 2.18 bits per heavy atom. The zero-order valence-electron chi connectivity index (χ0n) is 10.4. The highest BCUT2D eigenvalue weighted by molar-refractivity contribution is 7.11. The molecule has 1 N–H and O–H groups in total. The van der Waals surface area contributed by atoms with Crippen LogP contribution in [0.5, 0.6) is 0 Å². The normalized spacial score (nSPS) is 17.5. The lowest BCUT2D eigenvalue weighted by atomic mass is 10.0. The van der Waals surface area contributed by atoms with Crippen molar-refractivity contribution >= 4 is 11.3 Å². The van der Waals surface area contributed by atoms with Crippen LogP contribution in [0.15, 0.2) is 0 Å². The molecule has 0 aromatic carbocycles. The number of ether oxygens (including phenoxy) is 1. The van der Waals surface area contributed by atoms with Crippen LogP contribution in [0.2, 0.25) is 0 Å². The second-order valence-electron chi connectivity index (χ2n) is 4.38. The molecular weight excluding hydrogens is 234 g/mol. The molecule has 1 fully saturated rings. The predicted molar refractivity (Wildman–Crippen MR) is 69.6 cm³/mol. The number of aryl methyl sites for hydroxylation is 1. The summed E-state index contributed by atoms with van der Waals surface area (Å²) in [6.07, 6.45) is 4.40. The van der Waals surface area contributed by atoms with E-state index < -0.39 is 0 Å². The third kappa shape index (κ3) is 4.01.